The van der Waals surface area contributed by atoms with Gasteiger partial charge in [0, 0.05) is 24.2 Å². The van der Waals surface area contributed by atoms with Gasteiger partial charge in [0.05, 0.1) is 24.2 Å². The van der Waals surface area contributed by atoms with Crippen LogP contribution in [0.3, 0.4) is 0 Å². The van der Waals surface area contributed by atoms with Crippen LogP contribution < -0.4 is 0 Å². The maximum Gasteiger partial charge on any atom is 0.302 e. The molecule has 6 aliphatic rings. The first-order valence-corrected chi connectivity index (χ1v) is 10.7. The Hall–Kier alpha value is -0.990. The van der Waals surface area contributed by atoms with Crippen molar-refractivity contribution in [3.63, 3.8) is 0 Å². The molecule has 2 heterocycles. The van der Waals surface area contributed by atoms with Crippen LogP contribution in [0.25, 0.3) is 0 Å². The smallest absolute Gasteiger partial charge is 0.302 e. The molecule has 4 aliphatic carbocycles. The Kier molecular flexibility index (Phi) is 3.87. The van der Waals surface area contributed by atoms with Gasteiger partial charge in [0.25, 0.3) is 0 Å². The van der Waals surface area contributed by atoms with E-state index in [1.165, 1.54) is 6.92 Å². The molecule has 162 valence electrons. The molecule has 2 aliphatic heterocycles. The molecule has 7 heteroatoms. The van der Waals surface area contributed by atoms with Gasteiger partial charge in [0.2, 0.25) is 5.79 Å². The molecule has 7 nitrogen and oxygen atoms in total. The molecule has 29 heavy (non-hydrogen) atoms. The van der Waals surface area contributed by atoms with Crippen molar-refractivity contribution in [2.75, 3.05) is 6.61 Å². The van der Waals surface area contributed by atoms with E-state index in [0.29, 0.717) is 24.8 Å². The summed E-state index contributed by atoms with van der Waals surface area (Å²) in [5.74, 6) is -3.60. The Bertz CT molecular complexity index is 779. The highest BCUT2D eigenvalue weighted by Crippen LogP contribution is 2.77. The predicted octanol–water partition coefficient (Wildman–Crippen LogP) is 0.738. The van der Waals surface area contributed by atoms with Crippen molar-refractivity contribution < 1.29 is 34.7 Å². The number of hydrogen-bond donors (Lipinski definition) is 4. The van der Waals surface area contributed by atoms with Gasteiger partial charge in [-0.1, -0.05) is 20.4 Å². The molecule has 0 aromatic carbocycles. The number of aliphatic hydroxyl groups is 4. The molecule has 6 rings (SSSR count). The number of fused-ring (bicyclic) bond motifs is 2. The van der Waals surface area contributed by atoms with Crippen LogP contribution in [-0.2, 0) is 14.3 Å². The molecule has 4 N–H and O–H groups in total. The minimum absolute atomic E-state index is 0.121. The van der Waals surface area contributed by atoms with Gasteiger partial charge in [0.1, 0.15) is 12.2 Å². The summed E-state index contributed by atoms with van der Waals surface area (Å²) in [5.41, 5.74) is -2.12. The second kappa shape index (κ2) is 5.62. The average Bonchev–Trinajstić information content (AvgIpc) is 2.74. The number of rotatable bonds is 1. The summed E-state index contributed by atoms with van der Waals surface area (Å²) in [5, 5.41) is 46.0. The first-order valence-electron chi connectivity index (χ1n) is 10.7. The first kappa shape index (κ1) is 19.9. The minimum atomic E-state index is -2.09. The minimum Gasteiger partial charge on any atom is -0.462 e. The zero-order valence-corrected chi connectivity index (χ0v) is 17.3. The summed E-state index contributed by atoms with van der Waals surface area (Å²) in [4.78, 5) is 12.0. The van der Waals surface area contributed by atoms with Crippen molar-refractivity contribution in [2.45, 2.75) is 76.7 Å². The van der Waals surface area contributed by atoms with Gasteiger partial charge in [0.15, 0.2) is 0 Å². The van der Waals surface area contributed by atoms with Gasteiger partial charge >= 0.3 is 5.97 Å². The summed E-state index contributed by atoms with van der Waals surface area (Å²) < 4.78 is 11.8. The van der Waals surface area contributed by atoms with Crippen molar-refractivity contribution in [3.8, 4) is 0 Å². The third-order valence-corrected chi connectivity index (χ3v) is 9.40. The Morgan fingerprint density at radius 2 is 1.86 bits per heavy atom. The van der Waals surface area contributed by atoms with E-state index in [1.807, 2.05) is 0 Å². The van der Waals surface area contributed by atoms with Crippen LogP contribution in [0.15, 0.2) is 12.2 Å². The molecular weight excluding hydrogens is 376 g/mol. The first-order chi connectivity index (χ1) is 13.5. The Labute approximate surface area is 170 Å². The number of esters is 1. The number of hydrogen-bond acceptors (Lipinski definition) is 7. The number of ether oxygens (including phenoxy) is 2. The van der Waals surface area contributed by atoms with Crippen LogP contribution in [-0.4, -0.2) is 63.2 Å². The summed E-state index contributed by atoms with van der Waals surface area (Å²) >= 11 is 0. The van der Waals surface area contributed by atoms with Crippen LogP contribution in [0.2, 0.25) is 0 Å². The standard InChI is InChI=1S/C22H32O7/c1-10-12-5-6-13-20-9-28-22(27,21(13,16(10)24)17(12)25)18(26)15(20)19(3,4)8-7-14(20)29-11(2)23/h12-18,24-27H,1,5-9H2,2-4H3/t12-,13+,14+,15-,16-,17-,18+,20-,21+,22-/m1/s1. The topological polar surface area (TPSA) is 116 Å². The Morgan fingerprint density at radius 3 is 2.52 bits per heavy atom. The maximum absolute atomic E-state index is 12.0. The largest absolute Gasteiger partial charge is 0.462 e. The van der Waals surface area contributed by atoms with E-state index in [2.05, 4.69) is 20.4 Å². The summed E-state index contributed by atoms with van der Waals surface area (Å²) in [6, 6.07) is 0. The third kappa shape index (κ3) is 1.91. The Morgan fingerprint density at radius 1 is 1.17 bits per heavy atom. The average molecular weight is 408 g/mol. The van der Waals surface area contributed by atoms with E-state index in [4.69, 9.17) is 9.47 Å². The Balaban J connectivity index is 1.77. The van der Waals surface area contributed by atoms with Crippen molar-refractivity contribution in [1.82, 2.24) is 0 Å². The normalized spacial score (nSPS) is 57.2. The quantitative estimate of drug-likeness (QED) is 0.373. The molecule has 0 aromatic heterocycles. The van der Waals surface area contributed by atoms with Crippen LogP contribution in [0, 0.1) is 34.0 Å². The lowest BCUT2D eigenvalue weighted by atomic mass is 9.35. The van der Waals surface area contributed by atoms with Crippen LogP contribution in [0.1, 0.15) is 46.5 Å². The fraction of sp³-hybridized carbons (Fsp3) is 0.864. The van der Waals surface area contributed by atoms with Gasteiger partial charge < -0.3 is 29.9 Å². The molecule has 0 aromatic rings. The molecule has 4 bridgehead atoms. The van der Waals surface area contributed by atoms with Gasteiger partial charge in [-0.3, -0.25) is 4.79 Å². The number of aliphatic hydroxyl groups excluding tert-OH is 3. The highest BCUT2D eigenvalue weighted by atomic mass is 16.6. The van der Waals surface area contributed by atoms with E-state index in [1.54, 1.807) is 0 Å². The highest BCUT2D eigenvalue weighted by molar-refractivity contribution is 5.66. The maximum atomic E-state index is 12.0. The molecule has 0 amide bonds. The van der Waals surface area contributed by atoms with Gasteiger partial charge in [-0.25, -0.2) is 0 Å². The summed E-state index contributed by atoms with van der Waals surface area (Å²) in [6.45, 7) is 9.63. The molecule has 0 unspecified atom stereocenters. The van der Waals surface area contributed by atoms with E-state index >= 15 is 0 Å². The molecule has 0 radical (unpaired) electrons. The second-order valence-electron chi connectivity index (χ2n) is 10.7. The van der Waals surface area contributed by atoms with E-state index < -0.39 is 52.9 Å². The highest BCUT2D eigenvalue weighted by Gasteiger charge is 2.86. The molecule has 2 saturated heterocycles. The number of carbonyl (C=O) groups excluding carboxylic acids is 1. The number of carbonyl (C=O) groups is 1. The fourth-order valence-corrected chi connectivity index (χ4v) is 8.50. The lowest BCUT2D eigenvalue weighted by Crippen LogP contribution is -2.86. The predicted molar refractivity (Wildman–Crippen MR) is 101 cm³/mol. The van der Waals surface area contributed by atoms with Crippen molar-refractivity contribution in [2.24, 2.45) is 34.0 Å². The molecule has 2 spiro atoms. The van der Waals surface area contributed by atoms with E-state index in [9.17, 15) is 25.2 Å². The second-order valence-corrected chi connectivity index (χ2v) is 10.7. The van der Waals surface area contributed by atoms with Crippen molar-refractivity contribution in [1.29, 1.82) is 0 Å². The van der Waals surface area contributed by atoms with Gasteiger partial charge in [-0.2, -0.15) is 0 Å². The lowest BCUT2D eigenvalue weighted by Gasteiger charge is -2.75. The van der Waals surface area contributed by atoms with Crippen molar-refractivity contribution in [3.05, 3.63) is 12.2 Å². The summed E-state index contributed by atoms with van der Waals surface area (Å²) in [7, 11) is 0. The molecule has 10 atom stereocenters. The fourth-order valence-electron chi connectivity index (χ4n) is 8.50. The van der Waals surface area contributed by atoms with E-state index in [-0.39, 0.29) is 23.9 Å². The monoisotopic (exact) mass is 408 g/mol. The summed E-state index contributed by atoms with van der Waals surface area (Å²) in [6.07, 6.45) is -1.50. The molecule has 4 saturated carbocycles. The van der Waals surface area contributed by atoms with Crippen LogP contribution in [0.4, 0.5) is 0 Å². The zero-order valence-electron chi connectivity index (χ0n) is 17.3. The van der Waals surface area contributed by atoms with Gasteiger partial charge in [-0.15, -0.1) is 0 Å². The van der Waals surface area contributed by atoms with Crippen molar-refractivity contribution >= 4 is 5.97 Å². The SMILES string of the molecule is C=C1[C@H]2CC[C@H]3[C@@]45CO[C@](O)([C@@H](O)[C@@H]4C(C)(C)CC[C@@H]5OC(C)=O)[C@@]3([C@@H]1O)[C@@H]2O. The van der Waals surface area contributed by atoms with Crippen LogP contribution in [0.5, 0.6) is 0 Å². The van der Waals surface area contributed by atoms with Crippen LogP contribution >= 0.6 is 0 Å². The molecule has 6 fully saturated rings. The van der Waals surface area contributed by atoms with Gasteiger partial charge in [-0.05, 0) is 42.6 Å². The zero-order chi connectivity index (χ0) is 21.1. The lowest BCUT2D eigenvalue weighted by molar-refractivity contribution is -0.476. The molecular formula is C22H32O7. The third-order valence-electron chi connectivity index (χ3n) is 9.40. The van der Waals surface area contributed by atoms with E-state index in [0.717, 1.165) is 6.42 Å².